The molecule has 0 saturated heterocycles. The number of carbonyl (C=O) groups is 2. The van der Waals surface area contributed by atoms with Gasteiger partial charge in [-0.15, -0.1) is 0 Å². The van der Waals surface area contributed by atoms with E-state index in [1.807, 2.05) is 20.8 Å². The Morgan fingerprint density at radius 1 is 1.19 bits per heavy atom. The van der Waals surface area contributed by atoms with Crippen molar-refractivity contribution < 1.29 is 19.1 Å². The van der Waals surface area contributed by atoms with Crippen LogP contribution in [0.4, 0.5) is 0 Å². The lowest BCUT2D eigenvalue weighted by Gasteiger charge is -1.95. The first-order valence-electron chi connectivity index (χ1n) is 4.66. The summed E-state index contributed by atoms with van der Waals surface area (Å²) in [5.74, 6) is -1.34. The SMILES string of the molecule is COC(=O)/C=C(/C#[N+]C(C)(C)C)C(=O)OC. The van der Waals surface area contributed by atoms with Gasteiger partial charge in [-0.05, 0) is 0 Å². The summed E-state index contributed by atoms with van der Waals surface area (Å²) in [6.45, 7) is 5.52. The van der Waals surface area contributed by atoms with Crippen LogP contribution in [0.25, 0.3) is 4.85 Å². The van der Waals surface area contributed by atoms with Gasteiger partial charge in [0.05, 0.1) is 20.3 Å². The highest BCUT2D eigenvalue weighted by Crippen LogP contribution is 2.07. The molecule has 0 amide bonds. The highest BCUT2D eigenvalue weighted by atomic mass is 16.5. The molecule has 0 radical (unpaired) electrons. The average molecular weight is 226 g/mol. The summed E-state index contributed by atoms with van der Waals surface area (Å²) in [5, 5.41) is 0. The van der Waals surface area contributed by atoms with Crippen LogP contribution in [-0.2, 0) is 19.1 Å². The van der Waals surface area contributed by atoms with E-state index in [1.165, 1.54) is 14.2 Å². The molecule has 0 rings (SSSR count). The van der Waals surface area contributed by atoms with E-state index in [2.05, 4.69) is 20.4 Å². The van der Waals surface area contributed by atoms with Crippen LogP contribution in [0.3, 0.4) is 0 Å². The Hall–Kier alpha value is -1.83. The standard InChI is InChI=1S/C11H16NO4/c1-11(2,3)12-7-8(10(14)16-5)6-9(13)15-4/h6H,1-5H3/q+1/b8-6-. The first-order valence-corrected chi connectivity index (χ1v) is 4.66. The van der Waals surface area contributed by atoms with Crippen LogP contribution < -0.4 is 0 Å². The minimum absolute atomic E-state index is 0.0655. The second-order valence-corrected chi connectivity index (χ2v) is 3.97. The van der Waals surface area contributed by atoms with E-state index in [0.29, 0.717) is 0 Å². The molecular formula is C11H16NO4+. The molecule has 0 fully saturated rings. The third-order valence-corrected chi connectivity index (χ3v) is 1.38. The van der Waals surface area contributed by atoms with Gasteiger partial charge in [0.15, 0.2) is 5.57 Å². The average Bonchev–Trinajstić information content (AvgIpc) is 2.21. The van der Waals surface area contributed by atoms with Crippen molar-refractivity contribution in [3.63, 3.8) is 0 Å². The predicted molar refractivity (Wildman–Crippen MR) is 59.1 cm³/mol. The van der Waals surface area contributed by atoms with Crippen molar-refractivity contribution in [3.05, 3.63) is 16.5 Å². The van der Waals surface area contributed by atoms with Crippen molar-refractivity contribution in [2.24, 2.45) is 0 Å². The molecule has 16 heavy (non-hydrogen) atoms. The van der Waals surface area contributed by atoms with Crippen LogP contribution in [0.5, 0.6) is 0 Å². The molecule has 0 heterocycles. The number of hydrogen-bond acceptors (Lipinski definition) is 4. The van der Waals surface area contributed by atoms with Crippen LogP contribution in [0, 0.1) is 6.07 Å². The quantitative estimate of drug-likeness (QED) is 0.405. The second-order valence-electron chi connectivity index (χ2n) is 3.97. The first kappa shape index (κ1) is 14.2. The molecule has 0 aromatic carbocycles. The molecule has 0 aromatic rings. The van der Waals surface area contributed by atoms with E-state index in [9.17, 15) is 9.59 Å². The Morgan fingerprint density at radius 2 is 1.75 bits per heavy atom. The van der Waals surface area contributed by atoms with Gasteiger partial charge in [0.25, 0.3) is 5.54 Å². The summed E-state index contributed by atoms with van der Waals surface area (Å²) in [5.41, 5.74) is -0.451. The zero-order valence-electron chi connectivity index (χ0n) is 10.2. The smallest absolute Gasteiger partial charge is 0.353 e. The Balaban J connectivity index is 5.10. The molecule has 0 aliphatic heterocycles. The molecule has 0 aliphatic rings. The molecule has 0 unspecified atom stereocenters. The zero-order valence-corrected chi connectivity index (χ0v) is 10.2. The Bertz CT molecular complexity index is 366. The number of carbonyl (C=O) groups excluding carboxylic acids is 2. The van der Waals surface area contributed by atoms with E-state index in [-0.39, 0.29) is 11.1 Å². The first-order chi connectivity index (χ1) is 7.30. The van der Waals surface area contributed by atoms with Gasteiger partial charge in [-0.25, -0.2) is 9.59 Å². The number of nitrogens with zero attached hydrogens (tertiary/aromatic N) is 1. The van der Waals surface area contributed by atoms with Gasteiger partial charge in [-0.3, -0.25) is 0 Å². The second kappa shape index (κ2) is 5.91. The lowest BCUT2D eigenvalue weighted by Crippen LogP contribution is -2.09. The minimum Gasteiger partial charge on any atom is -0.466 e. The Labute approximate surface area is 94.9 Å². The summed E-state index contributed by atoms with van der Waals surface area (Å²) >= 11 is 0. The largest absolute Gasteiger partial charge is 0.466 e. The van der Waals surface area contributed by atoms with Crippen molar-refractivity contribution in [3.8, 4) is 6.07 Å². The van der Waals surface area contributed by atoms with Crippen molar-refractivity contribution in [1.82, 2.24) is 0 Å². The lowest BCUT2D eigenvalue weighted by atomic mass is 10.1. The Morgan fingerprint density at radius 3 is 2.12 bits per heavy atom. The number of esters is 2. The van der Waals surface area contributed by atoms with E-state index in [1.54, 1.807) is 0 Å². The third kappa shape index (κ3) is 5.81. The summed E-state index contributed by atoms with van der Waals surface area (Å²) in [6, 6.07) is 2.49. The van der Waals surface area contributed by atoms with Gasteiger partial charge in [-0.1, -0.05) is 4.85 Å². The number of ether oxygens (including phenoxy) is 2. The summed E-state index contributed by atoms with van der Waals surface area (Å²) in [6.07, 6.45) is 0.987. The fraction of sp³-hybridized carbons (Fsp3) is 0.545. The van der Waals surface area contributed by atoms with Crippen LogP contribution in [0.2, 0.25) is 0 Å². The molecule has 88 valence electrons. The Kier molecular flexibility index (Phi) is 5.23. The van der Waals surface area contributed by atoms with Crippen LogP contribution in [0.1, 0.15) is 20.8 Å². The summed E-state index contributed by atoms with van der Waals surface area (Å²) < 4.78 is 8.89. The molecule has 5 nitrogen and oxygen atoms in total. The molecular weight excluding hydrogens is 210 g/mol. The van der Waals surface area contributed by atoms with E-state index >= 15 is 0 Å². The number of rotatable bonds is 2. The molecule has 0 N–H and O–H groups in total. The molecule has 5 heteroatoms. The van der Waals surface area contributed by atoms with Crippen molar-refractivity contribution in [1.29, 1.82) is 0 Å². The van der Waals surface area contributed by atoms with Gasteiger partial charge >= 0.3 is 18.0 Å². The van der Waals surface area contributed by atoms with Gasteiger partial charge in [0.2, 0.25) is 0 Å². The van der Waals surface area contributed by atoms with Crippen molar-refractivity contribution in [2.45, 2.75) is 26.3 Å². The topological polar surface area (TPSA) is 57.0 Å². The normalized spacial score (nSPS) is 11.2. The number of methoxy groups -OCH3 is 2. The van der Waals surface area contributed by atoms with E-state index in [4.69, 9.17) is 0 Å². The summed E-state index contributed by atoms with van der Waals surface area (Å²) in [4.78, 5) is 26.2. The van der Waals surface area contributed by atoms with Crippen molar-refractivity contribution >= 4 is 11.9 Å². The van der Waals surface area contributed by atoms with Gasteiger partial charge in [0, 0.05) is 20.8 Å². The highest BCUT2D eigenvalue weighted by molar-refractivity contribution is 5.99. The molecule has 0 spiro atoms. The van der Waals surface area contributed by atoms with Gasteiger partial charge < -0.3 is 9.47 Å². The maximum absolute atomic E-state index is 11.3. The zero-order chi connectivity index (χ0) is 12.8. The summed E-state index contributed by atoms with van der Waals surface area (Å²) in [7, 11) is 2.43. The molecule has 0 aromatic heterocycles. The fourth-order valence-electron chi connectivity index (χ4n) is 0.652. The maximum Gasteiger partial charge on any atom is 0.353 e. The highest BCUT2D eigenvalue weighted by Gasteiger charge is 2.22. The predicted octanol–water partition coefficient (Wildman–Crippen LogP) is 1.39. The number of hydrogen-bond donors (Lipinski definition) is 0. The van der Waals surface area contributed by atoms with Crippen LogP contribution in [0.15, 0.2) is 11.6 Å². The van der Waals surface area contributed by atoms with Crippen LogP contribution in [-0.4, -0.2) is 31.7 Å². The van der Waals surface area contributed by atoms with Gasteiger partial charge in [0.1, 0.15) is 0 Å². The monoisotopic (exact) mass is 226 g/mol. The maximum atomic E-state index is 11.3. The molecule has 0 aliphatic carbocycles. The fourth-order valence-corrected chi connectivity index (χ4v) is 0.652. The third-order valence-electron chi connectivity index (χ3n) is 1.38. The van der Waals surface area contributed by atoms with Gasteiger partial charge in [-0.2, -0.15) is 0 Å². The molecule has 0 atom stereocenters. The van der Waals surface area contributed by atoms with Crippen molar-refractivity contribution in [2.75, 3.05) is 14.2 Å². The van der Waals surface area contributed by atoms with E-state index < -0.39 is 11.9 Å². The van der Waals surface area contributed by atoms with Crippen LogP contribution >= 0.6 is 0 Å². The van der Waals surface area contributed by atoms with E-state index in [0.717, 1.165) is 6.08 Å². The molecule has 0 bridgehead atoms. The lowest BCUT2D eigenvalue weighted by molar-refractivity contribution is -0.138. The minimum atomic E-state index is -0.682. The molecule has 0 saturated carbocycles.